The number of likely N-dealkylation sites (tertiary alicyclic amines) is 1. The number of aromatic nitrogens is 1. The predicted octanol–water partition coefficient (Wildman–Crippen LogP) is 5.20. The summed E-state index contributed by atoms with van der Waals surface area (Å²) in [4.78, 5) is 17.9. The Balaban J connectivity index is 1.38. The lowest BCUT2D eigenvalue weighted by Crippen LogP contribution is -2.44. The van der Waals surface area contributed by atoms with E-state index in [1.54, 1.807) is 18.2 Å². The molecule has 1 aliphatic rings. The van der Waals surface area contributed by atoms with Gasteiger partial charge in [0.05, 0.1) is 36.8 Å². The van der Waals surface area contributed by atoms with Crippen LogP contribution in [-0.2, 0) is 11.2 Å². The van der Waals surface area contributed by atoms with Crippen LogP contribution in [0.1, 0.15) is 30.4 Å². The Kier molecular flexibility index (Phi) is 8.29. The first-order valence-corrected chi connectivity index (χ1v) is 12.0. The van der Waals surface area contributed by atoms with Gasteiger partial charge in [0, 0.05) is 18.0 Å². The number of benzene rings is 2. The van der Waals surface area contributed by atoms with Crippen LogP contribution in [0, 0.1) is 46.9 Å². The van der Waals surface area contributed by atoms with Crippen LogP contribution in [0.4, 0.5) is 17.6 Å². The molecule has 1 aliphatic heterocycles. The number of nitrogens with zero attached hydrogens (tertiary/aromatic N) is 2. The summed E-state index contributed by atoms with van der Waals surface area (Å²) in [7, 11) is 1.54. The van der Waals surface area contributed by atoms with Crippen molar-refractivity contribution in [3.63, 3.8) is 0 Å². The average Bonchev–Trinajstić information content (AvgIpc) is 2.88. The highest BCUT2D eigenvalue weighted by Crippen LogP contribution is 2.30. The molecule has 4 rings (SSSR count). The molecule has 2 aromatic carbocycles. The van der Waals surface area contributed by atoms with E-state index < -0.39 is 35.2 Å². The molecule has 1 N–H and O–H groups in total. The van der Waals surface area contributed by atoms with E-state index >= 15 is 0 Å². The first-order chi connectivity index (χ1) is 17.8. The Morgan fingerprint density at radius 3 is 2.76 bits per heavy atom. The van der Waals surface area contributed by atoms with E-state index in [4.69, 9.17) is 4.74 Å². The lowest BCUT2D eigenvalue weighted by Gasteiger charge is -2.35. The summed E-state index contributed by atoms with van der Waals surface area (Å²) in [5.74, 6) is 0.216. The largest absolute Gasteiger partial charge is 0.497 e. The van der Waals surface area contributed by atoms with Crippen molar-refractivity contribution < 1.29 is 32.2 Å². The molecular formula is C28H26F4N2O3. The smallest absolute Gasteiger partial charge is 0.308 e. The fourth-order valence-electron chi connectivity index (χ4n) is 4.85. The molecule has 2 atom stereocenters. The summed E-state index contributed by atoms with van der Waals surface area (Å²) in [6, 6.07) is 6.56. The highest BCUT2D eigenvalue weighted by molar-refractivity contribution is 5.83. The van der Waals surface area contributed by atoms with Crippen molar-refractivity contribution in [2.45, 2.75) is 25.7 Å². The summed E-state index contributed by atoms with van der Waals surface area (Å²) in [5, 5.41) is 10.5. The minimum absolute atomic E-state index is 0.0952. The van der Waals surface area contributed by atoms with E-state index in [0.717, 1.165) is 6.07 Å². The van der Waals surface area contributed by atoms with Gasteiger partial charge in [-0.05, 0) is 68.0 Å². The van der Waals surface area contributed by atoms with Crippen molar-refractivity contribution in [2.75, 3.05) is 26.7 Å². The summed E-state index contributed by atoms with van der Waals surface area (Å²) in [6.45, 7) is 0.968. The number of aryl methyl sites for hydroxylation is 1. The van der Waals surface area contributed by atoms with E-state index in [1.165, 1.54) is 13.3 Å². The average molecular weight is 515 g/mol. The summed E-state index contributed by atoms with van der Waals surface area (Å²) in [6.07, 6.45) is 3.46. The molecule has 5 nitrogen and oxygen atoms in total. The zero-order valence-corrected chi connectivity index (χ0v) is 20.2. The van der Waals surface area contributed by atoms with Crippen LogP contribution < -0.4 is 4.74 Å². The van der Waals surface area contributed by atoms with Crippen LogP contribution in [-0.4, -0.2) is 47.7 Å². The Morgan fingerprint density at radius 2 is 2.00 bits per heavy atom. The number of hydrogen-bond donors (Lipinski definition) is 1. The topological polar surface area (TPSA) is 62.7 Å². The molecule has 0 bridgehead atoms. The second-order valence-electron chi connectivity index (χ2n) is 9.14. The fourth-order valence-corrected chi connectivity index (χ4v) is 4.85. The number of hydrogen-bond acceptors (Lipinski definition) is 4. The third kappa shape index (κ3) is 6.20. The standard InChI is InChI=1S/C28H26F4N2O3/c1-37-20-7-8-26-22(14-20)21(25(31)15-33-26)6-2-4-17-9-11-34(16-23(17)28(35)36)10-3-5-18-12-19(29)13-24(30)27(18)32/h7-8,12-15,17,23H,2,4,6,9-11,16H2,1H3,(H,35,36)/t17-,23+/m0/s1. The number of carboxylic acid groups (broad SMARTS) is 1. The Hall–Kier alpha value is -3.64. The molecule has 0 spiro atoms. The molecule has 0 saturated carbocycles. The number of methoxy groups -OCH3 is 1. The quantitative estimate of drug-likeness (QED) is 0.267. The normalized spacial score (nSPS) is 17.9. The SMILES string of the molecule is COc1ccc2ncc(F)c(CCC[C@H]3CCN(CC#Cc4cc(F)cc(F)c4F)C[C@H]3C(=O)O)c2c1. The van der Waals surface area contributed by atoms with Gasteiger partial charge in [-0.15, -0.1) is 0 Å². The number of carbonyl (C=O) groups is 1. The maximum absolute atomic E-state index is 14.6. The summed E-state index contributed by atoms with van der Waals surface area (Å²) >= 11 is 0. The van der Waals surface area contributed by atoms with E-state index in [2.05, 4.69) is 16.8 Å². The van der Waals surface area contributed by atoms with Crippen LogP contribution >= 0.6 is 0 Å². The van der Waals surface area contributed by atoms with E-state index in [0.29, 0.717) is 60.5 Å². The van der Waals surface area contributed by atoms with Gasteiger partial charge in [-0.1, -0.05) is 11.8 Å². The number of rotatable bonds is 7. The number of carboxylic acids is 1. The number of piperidine rings is 1. The van der Waals surface area contributed by atoms with Crippen LogP contribution in [0.15, 0.2) is 36.5 Å². The second kappa shape index (κ2) is 11.6. The zero-order valence-electron chi connectivity index (χ0n) is 20.2. The highest BCUT2D eigenvalue weighted by Gasteiger charge is 2.33. The van der Waals surface area contributed by atoms with Gasteiger partial charge in [0.15, 0.2) is 11.6 Å². The molecule has 3 aromatic rings. The first kappa shape index (κ1) is 26.4. The van der Waals surface area contributed by atoms with E-state index in [1.807, 2.05) is 4.90 Å². The highest BCUT2D eigenvalue weighted by atomic mass is 19.2. The molecule has 1 fully saturated rings. The molecule has 194 valence electrons. The maximum Gasteiger partial charge on any atom is 0.308 e. The van der Waals surface area contributed by atoms with Gasteiger partial charge in [-0.2, -0.15) is 0 Å². The molecule has 0 amide bonds. The van der Waals surface area contributed by atoms with Gasteiger partial charge in [-0.3, -0.25) is 14.7 Å². The second-order valence-corrected chi connectivity index (χ2v) is 9.14. The number of pyridine rings is 1. The number of fused-ring (bicyclic) bond motifs is 1. The molecule has 37 heavy (non-hydrogen) atoms. The molecule has 0 aliphatic carbocycles. The van der Waals surface area contributed by atoms with Crippen molar-refractivity contribution in [2.24, 2.45) is 11.8 Å². The van der Waals surface area contributed by atoms with Crippen LogP contribution in [0.25, 0.3) is 10.9 Å². The van der Waals surface area contributed by atoms with Crippen LogP contribution in [0.2, 0.25) is 0 Å². The molecule has 0 radical (unpaired) electrons. The maximum atomic E-state index is 14.6. The van der Waals surface area contributed by atoms with Crippen molar-refractivity contribution in [3.05, 3.63) is 70.9 Å². The minimum Gasteiger partial charge on any atom is -0.497 e. The van der Waals surface area contributed by atoms with Gasteiger partial charge in [0.2, 0.25) is 0 Å². The van der Waals surface area contributed by atoms with Crippen molar-refractivity contribution in [3.8, 4) is 17.6 Å². The number of halogens is 4. The molecule has 1 saturated heterocycles. The molecule has 0 unspecified atom stereocenters. The van der Waals surface area contributed by atoms with Gasteiger partial charge >= 0.3 is 5.97 Å². The van der Waals surface area contributed by atoms with Crippen LogP contribution in [0.5, 0.6) is 5.75 Å². The monoisotopic (exact) mass is 514 g/mol. The van der Waals surface area contributed by atoms with E-state index in [-0.39, 0.29) is 24.6 Å². The van der Waals surface area contributed by atoms with Crippen molar-refractivity contribution >= 4 is 16.9 Å². The molecule has 2 heterocycles. The van der Waals surface area contributed by atoms with Gasteiger partial charge in [-0.25, -0.2) is 17.6 Å². The first-order valence-electron chi connectivity index (χ1n) is 12.0. The fraction of sp³-hybridized carbons (Fsp3) is 0.357. The molecular weight excluding hydrogens is 488 g/mol. The Morgan fingerprint density at radius 1 is 1.19 bits per heavy atom. The Bertz CT molecular complexity index is 1370. The summed E-state index contributed by atoms with van der Waals surface area (Å²) < 4.78 is 60.3. The third-order valence-electron chi connectivity index (χ3n) is 6.81. The third-order valence-corrected chi connectivity index (χ3v) is 6.81. The summed E-state index contributed by atoms with van der Waals surface area (Å²) in [5.41, 5.74) is 0.816. The minimum atomic E-state index is -1.31. The van der Waals surface area contributed by atoms with E-state index in [9.17, 15) is 27.5 Å². The van der Waals surface area contributed by atoms with Crippen LogP contribution in [0.3, 0.4) is 0 Å². The van der Waals surface area contributed by atoms with Crippen molar-refractivity contribution in [1.82, 2.24) is 9.88 Å². The van der Waals surface area contributed by atoms with Gasteiger partial charge in [0.1, 0.15) is 17.4 Å². The molecule has 9 heteroatoms. The number of aliphatic carboxylic acids is 1. The van der Waals surface area contributed by atoms with Gasteiger partial charge < -0.3 is 9.84 Å². The lowest BCUT2D eigenvalue weighted by molar-refractivity contribution is -0.146. The lowest BCUT2D eigenvalue weighted by atomic mass is 9.81. The molecule has 1 aromatic heterocycles. The zero-order chi connectivity index (χ0) is 26.5. The Labute approximate surface area is 212 Å². The van der Waals surface area contributed by atoms with Gasteiger partial charge in [0.25, 0.3) is 0 Å². The predicted molar refractivity (Wildman–Crippen MR) is 130 cm³/mol. The number of ether oxygens (including phenoxy) is 1. The van der Waals surface area contributed by atoms with Crippen molar-refractivity contribution in [1.29, 1.82) is 0 Å².